The van der Waals surface area contributed by atoms with Crippen LogP contribution in [0.3, 0.4) is 0 Å². The molecule has 0 heterocycles. The molecular formula is C42H54N4O8. The van der Waals surface area contributed by atoms with Gasteiger partial charge in [-0.25, -0.2) is 14.4 Å². The van der Waals surface area contributed by atoms with E-state index in [1.54, 1.807) is 20.8 Å². The number of esters is 1. The molecule has 3 aromatic carbocycles. The number of hydrogen-bond acceptors (Lipinski definition) is 8. The molecule has 54 heavy (non-hydrogen) atoms. The molecule has 0 saturated carbocycles. The third-order valence-electron chi connectivity index (χ3n) is 8.96. The van der Waals surface area contributed by atoms with Crippen LogP contribution >= 0.6 is 0 Å². The predicted molar refractivity (Wildman–Crippen MR) is 206 cm³/mol. The fourth-order valence-corrected chi connectivity index (χ4v) is 6.46. The molecule has 290 valence electrons. The van der Waals surface area contributed by atoms with Crippen LogP contribution < -0.4 is 21.3 Å². The summed E-state index contributed by atoms with van der Waals surface area (Å²) in [7, 11) is 1.26. The lowest BCUT2D eigenvalue weighted by Crippen LogP contribution is -2.57. The average Bonchev–Trinajstić information content (AvgIpc) is 3.45. The summed E-state index contributed by atoms with van der Waals surface area (Å²) in [6.45, 7) is 9.46. The van der Waals surface area contributed by atoms with Gasteiger partial charge < -0.3 is 35.5 Å². The van der Waals surface area contributed by atoms with Crippen LogP contribution in [0.15, 0.2) is 78.9 Å². The minimum atomic E-state index is -1.07. The maximum absolute atomic E-state index is 13.8. The molecule has 0 aliphatic heterocycles. The van der Waals surface area contributed by atoms with Gasteiger partial charge in [-0.1, -0.05) is 92.7 Å². The molecule has 3 aromatic rings. The van der Waals surface area contributed by atoms with E-state index in [9.17, 15) is 24.0 Å². The van der Waals surface area contributed by atoms with Gasteiger partial charge in [-0.15, -0.1) is 0 Å². The molecule has 0 fully saturated rings. The Hall–Kier alpha value is -5.39. The van der Waals surface area contributed by atoms with E-state index in [0.29, 0.717) is 19.3 Å². The van der Waals surface area contributed by atoms with Crippen molar-refractivity contribution >= 4 is 30.0 Å². The number of fused-ring (bicyclic) bond motifs is 3. The van der Waals surface area contributed by atoms with Crippen molar-refractivity contribution in [1.29, 1.82) is 0 Å². The second-order valence-electron chi connectivity index (χ2n) is 14.9. The van der Waals surface area contributed by atoms with Gasteiger partial charge in [0.25, 0.3) is 0 Å². The van der Waals surface area contributed by atoms with Crippen molar-refractivity contribution in [3.63, 3.8) is 0 Å². The predicted octanol–water partition coefficient (Wildman–Crippen LogP) is 6.02. The highest BCUT2D eigenvalue weighted by atomic mass is 16.6. The van der Waals surface area contributed by atoms with E-state index in [0.717, 1.165) is 27.8 Å². The van der Waals surface area contributed by atoms with Crippen molar-refractivity contribution in [2.75, 3.05) is 20.3 Å². The fraction of sp³-hybridized carbons (Fsp3) is 0.452. The van der Waals surface area contributed by atoms with Gasteiger partial charge in [0.1, 0.15) is 30.3 Å². The number of benzene rings is 3. The lowest BCUT2D eigenvalue weighted by Gasteiger charge is -2.26. The lowest BCUT2D eigenvalue weighted by atomic mass is 9.98. The molecule has 4 N–H and O–H groups in total. The monoisotopic (exact) mass is 742 g/mol. The number of amides is 4. The number of methoxy groups -OCH3 is 1. The van der Waals surface area contributed by atoms with E-state index in [1.165, 1.54) is 7.11 Å². The summed E-state index contributed by atoms with van der Waals surface area (Å²) in [6, 6.07) is 22.3. The van der Waals surface area contributed by atoms with E-state index in [2.05, 4.69) is 45.5 Å². The molecule has 0 bridgehead atoms. The van der Waals surface area contributed by atoms with Gasteiger partial charge in [0.05, 0.1) is 7.11 Å². The Kier molecular flexibility index (Phi) is 15.0. The van der Waals surface area contributed by atoms with Crippen LogP contribution in [0.25, 0.3) is 11.1 Å². The van der Waals surface area contributed by atoms with Crippen LogP contribution in [-0.4, -0.2) is 74.0 Å². The molecule has 0 unspecified atom stereocenters. The minimum absolute atomic E-state index is 0.0595. The van der Waals surface area contributed by atoms with Gasteiger partial charge in [0, 0.05) is 18.9 Å². The molecule has 0 radical (unpaired) electrons. The molecule has 1 aliphatic carbocycles. The standard InChI is InChI=1S/C42H54N4O8/c1-27(2)24-36(39(49)52-6)45-38(48)35(25-28-16-8-7-9-17-28)44-37(47)34(46-41(51)54-42(3,4)5)22-14-15-23-43-40(50)53-26-33-31-20-12-10-18-29(31)30-19-11-13-21-32(30)33/h7-13,16-21,27,33-36H,14-15,22-26H2,1-6H3,(H,43,50)(H,44,47)(H,45,48)(H,46,51)/t34-,35-,36-/m0/s1. The summed E-state index contributed by atoms with van der Waals surface area (Å²) in [5, 5.41) is 11.0. The number of hydrogen-bond donors (Lipinski definition) is 4. The molecule has 4 amide bonds. The highest BCUT2D eigenvalue weighted by Crippen LogP contribution is 2.44. The van der Waals surface area contributed by atoms with Crippen LogP contribution in [0.4, 0.5) is 9.59 Å². The molecule has 0 saturated heterocycles. The van der Waals surface area contributed by atoms with E-state index < -0.39 is 53.7 Å². The zero-order valence-electron chi connectivity index (χ0n) is 32.1. The van der Waals surface area contributed by atoms with Crippen molar-refractivity contribution in [3.8, 4) is 11.1 Å². The van der Waals surface area contributed by atoms with Crippen molar-refractivity contribution in [2.45, 2.75) is 96.4 Å². The average molecular weight is 743 g/mol. The first-order valence-corrected chi connectivity index (χ1v) is 18.6. The Morgan fingerprint density at radius 1 is 0.704 bits per heavy atom. The molecule has 3 atom stereocenters. The van der Waals surface area contributed by atoms with Crippen molar-refractivity contribution in [1.82, 2.24) is 21.3 Å². The van der Waals surface area contributed by atoms with Crippen molar-refractivity contribution < 1.29 is 38.2 Å². The zero-order valence-corrected chi connectivity index (χ0v) is 32.1. The summed E-state index contributed by atoms with van der Waals surface area (Å²) in [5.41, 5.74) is 4.50. The Morgan fingerprint density at radius 2 is 1.28 bits per heavy atom. The summed E-state index contributed by atoms with van der Waals surface area (Å²) in [4.78, 5) is 65.5. The molecule has 1 aliphatic rings. The Labute approximate surface area is 318 Å². The quantitative estimate of drug-likeness (QED) is 0.0742. The number of unbranched alkanes of at least 4 members (excludes halogenated alkanes) is 1. The molecule has 12 heteroatoms. The molecule has 12 nitrogen and oxygen atoms in total. The van der Waals surface area contributed by atoms with Gasteiger partial charge in [-0.3, -0.25) is 9.59 Å². The maximum Gasteiger partial charge on any atom is 0.408 e. The second-order valence-corrected chi connectivity index (χ2v) is 14.9. The first-order valence-electron chi connectivity index (χ1n) is 18.6. The van der Waals surface area contributed by atoms with Crippen LogP contribution in [0.1, 0.15) is 82.9 Å². The highest BCUT2D eigenvalue weighted by Gasteiger charge is 2.32. The van der Waals surface area contributed by atoms with Gasteiger partial charge in [-0.05, 0) is 80.2 Å². The Bertz CT molecular complexity index is 1690. The summed E-state index contributed by atoms with van der Waals surface area (Å²) in [5.74, 6) is -1.72. The lowest BCUT2D eigenvalue weighted by molar-refractivity contribution is -0.145. The van der Waals surface area contributed by atoms with E-state index in [4.69, 9.17) is 14.2 Å². The normalized spacial score (nSPS) is 13.8. The summed E-state index contributed by atoms with van der Waals surface area (Å²) >= 11 is 0. The van der Waals surface area contributed by atoms with Gasteiger partial charge in [0.15, 0.2) is 0 Å². The number of alkyl carbamates (subject to hydrolysis) is 2. The minimum Gasteiger partial charge on any atom is -0.467 e. The molecule has 4 rings (SSSR count). The van der Waals surface area contributed by atoms with Crippen LogP contribution in [-0.2, 0) is 35.0 Å². The number of rotatable bonds is 17. The van der Waals surface area contributed by atoms with Gasteiger partial charge >= 0.3 is 18.2 Å². The van der Waals surface area contributed by atoms with Crippen molar-refractivity contribution in [3.05, 3.63) is 95.6 Å². The molecule has 0 spiro atoms. The molecular weight excluding hydrogens is 688 g/mol. The fourth-order valence-electron chi connectivity index (χ4n) is 6.46. The summed E-state index contributed by atoms with van der Waals surface area (Å²) < 4.78 is 16.0. The third-order valence-corrected chi connectivity index (χ3v) is 8.96. The van der Waals surface area contributed by atoms with E-state index >= 15 is 0 Å². The van der Waals surface area contributed by atoms with Crippen LogP contribution in [0, 0.1) is 5.92 Å². The Morgan fingerprint density at radius 3 is 1.87 bits per heavy atom. The number of ether oxygens (including phenoxy) is 3. The number of carbonyl (C=O) groups is 5. The Balaban J connectivity index is 1.36. The van der Waals surface area contributed by atoms with Gasteiger partial charge in [-0.2, -0.15) is 0 Å². The maximum atomic E-state index is 13.8. The van der Waals surface area contributed by atoms with Gasteiger partial charge in [0.2, 0.25) is 11.8 Å². The van der Waals surface area contributed by atoms with Crippen LogP contribution in [0.5, 0.6) is 0 Å². The first-order chi connectivity index (χ1) is 25.8. The summed E-state index contributed by atoms with van der Waals surface area (Å²) in [6.07, 6.45) is 0.255. The second kappa shape index (κ2) is 19.6. The highest BCUT2D eigenvalue weighted by molar-refractivity contribution is 5.93. The third kappa shape index (κ3) is 12.3. The van der Waals surface area contributed by atoms with E-state index in [1.807, 2.05) is 68.4 Å². The smallest absolute Gasteiger partial charge is 0.408 e. The largest absolute Gasteiger partial charge is 0.467 e. The zero-order chi connectivity index (χ0) is 39.3. The number of nitrogens with one attached hydrogen (secondary N) is 4. The topological polar surface area (TPSA) is 161 Å². The number of carbonyl (C=O) groups excluding carboxylic acids is 5. The van der Waals surface area contributed by atoms with E-state index in [-0.39, 0.29) is 37.8 Å². The molecule has 0 aromatic heterocycles. The van der Waals surface area contributed by atoms with Crippen molar-refractivity contribution in [2.24, 2.45) is 5.92 Å². The first kappa shape index (κ1) is 41.4. The SMILES string of the molecule is COC(=O)[C@H](CC(C)C)NC(=O)[C@H](Cc1ccccc1)NC(=O)[C@H](CCCCNC(=O)OCC1c2ccccc2-c2ccccc21)NC(=O)OC(C)(C)C. The van der Waals surface area contributed by atoms with Crippen LogP contribution in [0.2, 0.25) is 0 Å².